The lowest BCUT2D eigenvalue weighted by Crippen LogP contribution is -2.17. The van der Waals surface area contributed by atoms with Crippen molar-refractivity contribution in [3.05, 3.63) is 72.6 Å². The Kier molecular flexibility index (Phi) is 6.89. The molecule has 0 saturated heterocycles. The summed E-state index contributed by atoms with van der Waals surface area (Å²) in [5.41, 5.74) is 1.44. The number of nitrogens with zero attached hydrogens (tertiary/aromatic N) is 3. The van der Waals surface area contributed by atoms with Gasteiger partial charge in [0.15, 0.2) is 5.16 Å². The summed E-state index contributed by atoms with van der Waals surface area (Å²) in [6.45, 7) is 0. The highest BCUT2D eigenvalue weighted by Gasteiger charge is 2.15. The van der Waals surface area contributed by atoms with Crippen molar-refractivity contribution in [2.75, 3.05) is 23.5 Å². The molecule has 0 radical (unpaired) electrons. The largest absolute Gasteiger partial charge is 0.497 e. The molecule has 9 heteroatoms. The van der Waals surface area contributed by atoms with Crippen molar-refractivity contribution in [1.82, 2.24) is 14.8 Å². The van der Waals surface area contributed by atoms with Gasteiger partial charge in [0.05, 0.1) is 19.3 Å². The zero-order valence-electron chi connectivity index (χ0n) is 18.2. The lowest BCUT2D eigenvalue weighted by molar-refractivity contribution is -0.116. The number of ether oxygens (including phenoxy) is 1. The van der Waals surface area contributed by atoms with E-state index in [2.05, 4.69) is 20.8 Å². The maximum Gasteiger partial charge on any atom is 0.234 e. The second kappa shape index (κ2) is 10.2. The Labute approximate surface area is 195 Å². The molecule has 8 nitrogen and oxygen atoms in total. The van der Waals surface area contributed by atoms with Crippen LogP contribution in [-0.4, -0.2) is 39.4 Å². The van der Waals surface area contributed by atoms with E-state index in [0.29, 0.717) is 22.4 Å². The summed E-state index contributed by atoms with van der Waals surface area (Å²) < 4.78 is 6.84. The molecule has 0 aliphatic heterocycles. The number of amides is 2. The van der Waals surface area contributed by atoms with Gasteiger partial charge in [-0.15, -0.1) is 10.2 Å². The molecular formula is C24H23N5O3S. The molecule has 1 heterocycles. The number of nitrogens with one attached hydrogen (secondary N) is 2. The van der Waals surface area contributed by atoms with Crippen molar-refractivity contribution in [2.24, 2.45) is 7.05 Å². The standard InChI is InChI=1S/C24H23N5O3S/c1-29-21(14-22(30)25-17-10-12-18(32-2)13-11-17)27-28-24(29)33-15-23(31)26-20-9-5-7-16-6-3-4-8-19(16)20/h3-13H,14-15H2,1-2H3,(H,25,30)(H,26,31). The Morgan fingerprint density at radius 1 is 0.939 bits per heavy atom. The minimum atomic E-state index is -0.207. The number of carbonyl (C=O) groups is 2. The van der Waals surface area contributed by atoms with E-state index in [1.807, 2.05) is 42.5 Å². The molecule has 4 aromatic rings. The van der Waals surface area contributed by atoms with Gasteiger partial charge in [0.1, 0.15) is 11.6 Å². The minimum Gasteiger partial charge on any atom is -0.497 e. The zero-order chi connectivity index (χ0) is 23.2. The predicted molar refractivity (Wildman–Crippen MR) is 130 cm³/mol. The predicted octanol–water partition coefficient (Wildman–Crippen LogP) is 3.89. The van der Waals surface area contributed by atoms with Crippen molar-refractivity contribution in [3.63, 3.8) is 0 Å². The number of hydrogen-bond acceptors (Lipinski definition) is 6. The second-order valence-electron chi connectivity index (χ2n) is 7.27. The van der Waals surface area contributed by atoms with Crippen molar-refractivity contribution < 1.29 is 14.3 Å². The fourth-order valence-corrected chi connectivity index (χ4v) is 4.03. The molecule has 2 amide bonds. The van der Waals surface area contributed by atoms with E-state index in [4.69, 9.17) is 4.74 Å². The minimum absolute atomic E-state index is 0.0677. The molecule has 2 N–H and O–H groups in total. The van der Waals surface area contributed by atoms with E-state index in [1.165, 1.54) is 11.8 Å². The second-order valence-corrected chi connectivity index (χ2v) is 8.22. The third-order valence-corrected chi connectivity index (χ3v) is 6.03. The van der Waals surface area contributed by atoms with Gasteiger partial charge >= 0.3 is 0 Å². The maximum absolute atomic E-state index is 12.5. The smallest absolute Gasteiger partial charge is 0.234 e. The molecule has 168 valence electrons. The summed E-state index contributed by atoms with van der Waals surface area (Å²) in [6, 6.07) is 20.8. The van der Waals surface area contributed by atoms with Gasteiger partial charge in [-0.1, -0.05) is 48.2 Å². The van der Waals surface area contributed by atoms with Crippen LogP contribution >= 0.6 is 11.8 Å². The number of hydrogen-bond donors (Lipinski definition) is 2. The molecule has 0 saturated carbocycles. The van der Waals surface area contributed by atoms with Crippen LogP contribution in [0, 0.1) is 0 Å². The van der Waals surface area contributed by atoms with E-state index in [9.17, 15) is 9.59 Å². The lowest BCUT2D eigenvalue weighted by atomic mass is 10.1. The average Bonchev–Trinajstić information content (AvgIpc) is 3.17. The van der Waals surface area contributed by atoms with Crippen LogP contribution in [0.5, 0.6) is 5.75 Å². The van der Waals surface area contributed by atoms with Crippen LogP contribution < -0.4 is 15.4 Å². The summed E-state index contributed by atoms with van der Waals surface area (Å²) in [5.74, 6) is 1.05. The Hall–Kier alpha value is -3.85. The Bertz CT molecular complexity index is 1280. The summed E-state index contributed by atoms with van der Waals surface area (Å²) in [5, 5.41) is 16.6. The molecule has 0 bridgehead atoms. The summed E-state index contributed by atoms with van der Waals surface area (Å²) >= 11 is 1.27. The number of carbonyl (C=O) groups excluding carboxylic acids is 2. The normalized spacial score (nSPS) is 10.7. The van der Waals surface area contributed by atoms with Crippen LogP contribution in [0.4, 0.5) is 11.4 Å². The molecule has 1 aromatic heterocycles. The van der Waals surface area contributed by atoms with Gasteiger partial charge in [0, 0.05) is 23.8 Å². The summed E-state index contributed by atoms with van der Waals surface area (Å²) in [6.07, 6.45) is 0.0677. The van der Waals surface area contributed by atoms with Gasteiger partial charge in [-0.25, -0.2) is 0 Å². The number of methoxy groups -OCH3 is 1. The highest BCUT2D eigenvalue weighted by molar-refractivity contribution is 7.99. The first-order chi connectivity index (χ1) is 16.0. The molecule has 0 atom stereocenters. The SMILES string of the molecule is COc1ccc(NC(=O)Cc2nnc(SCC(=O)Nc3cccc4ccccc34)n2C)cc1. The Morgan fingerprint density at radius 3 is 2.48 bits per heavy atom. The highest BCUT2D eigenvalue weighted by Crippen LogP contribution is 2.24. The molecule has 0 aliphatic rings. The monoisotopic (exact) mass is 461 g/mol. The van der Waals surface area contributed by atoms with E-state index in [0.717, 1.165) is 16.5 Å². The van der Waals surface area contributed by atoms with Gasteiger partial charge in [0.25, 0.3) is 0 Å². The van der Waals surface area contributed by atoms with Crippen molar-refractivity contribution >= 4 is 45.7 Å². The Morgan fingerprint density at radius 2 is 1.70 bits per heavy atom. The third-order valence-electron chi connectivity index (χ3n) is 5.01. The number of anilines is 2. The molecule has 0 unspecified atom stereocenters. The maximum atomic E-state index is 12.5. The van der Waals surface area contributed by atoms with Gasteiger partial charge in [-0.3, -0.25) is 9.59 Å². The van der Waals surface area contributed by atoms with Gasteiger partial charge in [-0.05, 0) is 35.7 Å². The van der Waals surface area contributed by atoms with Crippen LogP contribution in [0.25, 0.3) is 10.8 Å². The van der Waals surface area contributed by atoms with Crippen LogP contribution in [-0.2, 0) is 23.1 Å². The van der Waals surface area contributed by atoms with Crippen LogP contribution in [0.2, 0.25) is 0 Å². The first kappa shape index (κ1) is 22.3. The number of benzene rings is 3. The lowest BCUT2D eigenvalue weighted by Gasteiger charge is -2.09. The van der Waals surface area contributed by atoms with Crippen molar-refractivity contribution in [2.45, 2.75) is 11.6 Å². The van der Waals surface area contributed by atoms with Gasteiger partial charge in [0.2, 0.25) is 11.8 Å². The summed E-state index contributed by atoms with van der Waals surface area (Å²) in [4.78, 5) is 24.9. The quantitative estimate of drug-likeness (QED) is 0.387. The molecule has 0 fully saturated rings. The third kappa shape index (κ3) is 5.50. The van der Waals surface area contributed by atoms with E-state index < -0.39 is 0 Å². The first-order valence-electron chi connectivity index (χ1n) is 10.3. The van der Waals surface area contributed by atoms with Crippen molar-refractivity contribution in [3.8, 4) is 5.75 Å². The zero-order valence-corrected chi connectivity index (χ0v) is 19.1. The molecule has 4 rings (SSSR count). The number of fused-ring (bicyclic) bond motifs is 1. The van der Waals surface area contributed by atoms with Crippen LogP contribution in [0.15, 0.2) is 71.9 Å². The number of thioether (sulfide) groups is 1. The first-order valence-corrected chi connectivity index (χ1v) is 11.2. The number of rotatable bonds is 8. The van der Waals surface area contributed by atoms with E-state index in [1.54, 1.807) is 43.0 Å². The van der Waals surface area contributed by atoms with E-state index >= 15 is 0 Å². The van der Waals surface area contributed by atoms with Crippen LogP contribution in [0.1, 0.15) is 5.82 Å². The molecule has 3 aromatic carbocycles. The Balaban J connectivity index is 1.32. The fraction of sp³-hybridized carbons (Fsp3) is 0.167. The number of aromatic nitrogens is 3. The highest BCUT2D eigenvalue weighted by atomic mass is 32.2. The summed E-state index contributed by atoms with van der Waals surface area (Å²) in [7, 11) is 3.37. The molecule has 33 heavy (non-hydrogen) atoms. The van der Waals surface area contributed by atoms with Crippen LogP contribution in [0.3, 0.4) is 0 Å². The fourth-order valence-electron chi connectivity index (χ4n) is 3.30. The topological polar surface area (TPSA) is 98.1 Å². The van der Waals surface area contributed by atoms with E-state index in [-0.39, 0.29) is 24.0 Å². The molecule has 0 spiro atoms. The van der Waals surface area contributed by atoms with Gasteiger partial charge in [-0.2, -0.15) is 0 Å². The molecule has 0 aliphatic carbocycles. The average molecular weight is 462 g/mol. The molecular weight excluding hydrogens is 438 g/mol. The van der Waals surface area contributed by atoms with Crippen molar-refractivity contribution in [1.29, 1.82) is 0 Å². The van der Waals surface area contributed by atoms with Gasteiger partial charge < -0.3 is 19.9 Å².